The van der Waals surface area contributed by atoms with E-state index in [1.54, 1.807) is 12.3 Å². The Morgan fingerprint density at radius 1 is 1.09 bits per heavy atom. The lowest BCUT2D eigenvalue weighted by Crippen LogP contribution is -1.99. The summed E-state index contributed by atoms with van der Waals surface area (Å²) in [5.41, 5.74) is 1.46. The number of halogens is 2. The Labute approximate surface area is 130 Å². The first-order valence-corrected chi connectivity index (χ1v) is 6.81. The van der Waals surface area contributed by atoms with Crippen molar-refractivity contribution in [3.63, 3.8) is 0 Å². The molecule has 0 saturated carbocycles. The van der Waals surface area contributed by atoms with Gasteiger partial charge in [-0.1, -0.05) is 11.6 Å². The number of anilines is 4. The van der Waals surface area contributed by atoms with Crippen molar-refractivity contribution in [1.29, 1.82) is 0 Å². The highest BCUT2D eigenvalue weighted by molar-refractivity contribution is 6.30. The minimum absolute atomic E-state index is 0.0703. The summed E-state index contributed by atoms with van der Waals surface area (Å²) in [6, 6.07) is 6.27. The van der Waals surface area contributed by atoms with Gasteiger partial charge >= 0.3 is 0 Å². The fraction of sp³-hybridized carbons (Fsp3) is 0.0714. The molecular weight excluding hydrogens is 307 g/mol. The summed E-state index contributed by atoms with van der Waals surface area (Å²) in [6.45, 7) is 1.90. The second-order valence-corrected chi connectivity index (χ2v) is 5.01. The van der Waals surface area contributed by atoms with Crippen LogP contribution in [-0.4, -0.2) is 20.2 Å². The molecule has 2 heterocycles. The van der Waals surface area contributed by atoms with Gasteiger partial charge in [0.15, 0.2) is 17.5 Å². The summed E-state index contributed by atoms with van der Waals surface area (Å²) >= 11 is 5.65. The predicted octanol–water partition coefficient (Wildman–Crippen LogP) is 3.79. The van der Waals surface area contributed by atoms with Crippen molar-refractivity contribution in [2.45, 2.75) is 6.92 Å². The largest absolute Gasteiger partial charge is 0.339 e. The number of aryl methyl sites for hydroxylation is 1. The van der Waals surface area contributed by atoms with Crippen molar-refractivity contribution in [2.75, 3.05) is 10.6 Å². The molecular formula is C14H12ClFN6. The highest BCUT2D eigenvalue weighted by atomic mass is 35.5. The highest BCUT2D eigenvalue weighted by Crippen LogP contribution is 2.22. The predicted molar refractivity (Wildman–Crippen MR) is 83.3 cm³/mol. The molecule has 0 unspecified atom stereocenters. The van der Waals surface area contributed by atoms with Gasteiger partial charge < -0.3 is 10.6 Å². The van der Waals surface area contributed by atoms with Crippen molar-refractivity contribution in [1.82, 2.24) is 20.2 Å². The van der Waals surface area contributed by atoms with Crippen LogP contribution in [0.3, 0.4) is 0 Å². The molecule has 0 aliphatic heterocycles. The SMILES string of the molecule is Cc1cc(Nc2cncc(Nc3ccc(Cl)c(F)c3)n2)n[nH]1. The van der Waals surface area contributed by atoms with Crippen LogP contribution in [0.15, 0.2) is 36.7 Å². The first-order valence-electron chi connectivity index (χ1n) is 6.43. The van der Waals surface area contributed by atoms with Gasteiger partial charge in [0, 0.05) is 17.4 Å². The van der Waals surface area contributed by atoms with E-state index in [9.17, 15) is 4.39 Å². The van der Waals surface area contributed by atoms with Gasteiger partial charge in [-0.3, -0.25) is 10.1 Å². The van der Waals surface area contributed by atoms with Gasteiger partial charge in [0.2, 0.25) is 0 Å². The van der Waals surface area contributed by atoms with Gasteiger partial charge in [0.1, 0.15) is 5.82 Å². The van der Waals surface area contributed by atoms with E-state index in [0.29, 0.717) is 23.1 Å². The minimum atomic E-state index is -0.499. The summed E-state index contributed by atoms with van der Waals surface area (Å²) in [6.07, 6.45) is 3.10. The monoisotopic (exact) mass is 318 g/mol. The number of hydrogen-bond donors (Lipinski definition) is 3. The third-order valence-corrected chi connectivity index (χ3v) is 3.10. The number of nitrogens with zero attached hydrogens (tertiary/aromatic N) is 3. The molecule has 112 valence electrons. The number of rotatable bonds is 4. The van der Waals surface area contributed by atoms with Crippen LogP contribution in [0.1, 0.15) is 5.69 Å². The van der Waals surface area contributed by atoms with Crippen LogP contribution >= 0.6 is 11.6 Å². The molecule has 22 heavy (non-hydrogen) atoms. The van der Waals surface area contributed by atoms with Gasteiger partial charge in [0.25, 0.3) is 0 Å². The van der Waals surface area contributed by atoms with Gasteiger partial charge in [-0.15, -0.1) is 0 Å². The summed E-state index contributed by atoms with van der Waals surface area (Å²) in [4.78, 5) is 8.41. The molecule has 0 atom stereocenters. The van der Waals surface area contributed by atoms with Crippen LogP contribution in [0.2, 0.25) is 5.02 Å². The zero-order valence-electron chi connectivity index (χ0n) is 11.6. The number of hydrogen-bond acceptors (Lipinski definition) is 5. The fourth-order valence-corrected chi connectivity index (χ4v) is 1.94. The molecule has 6 nitrogen and oxygen atoms in total. The lowest BCUT2D eigenvalue weighted by Gasteiger charge is -2.07. The topological polar surface area (TPSA) is 78.5 Å². The van der Waals surface area contributed by atoms with E-state index in [1.165, 1.54) is 18.3 Å². The highest BCUT2D eigenvalue weighted by Gasteiger charge is 2.04. The molecule has 0 aliphatic rings. The first-order chi connectivity index (χ1) is 10.6. The Balaban J connectivity index is 1.77. The molecule has 0 spiro atoms. The van der Waals surface area contributed by atoms with E-state index in [1.807, 2.05) is 13.0 Å². The molecule has 0 aliphatic carbocycles. The quantitative estimate of drug-likeness (QED) is 0.682. The molecule has 0 saturated heterocycles. The lowest BCUT2D eigenvalue weighted by atomic mass is 10.3. The Bertz CT molecular complexity index is 804. The number of aromatic nitrogens is 4. The fourth-order valence-electron chi connectivity index (χ4n) is 1.82. The van der Waals surface area contributed by atoms with E-state index >= 15 is 0 Å². The molecule has 0 radical (unpaired) electrons. The van der Waals surface area contributed by atoms with Crippen LogP contribution in [0.4, 0.5) is 27.5 Å². The van der Waals surface area contributed by atoms with Crippen molar-refractivity contribution in [2.24, 2.45) is 0 Å². The maximum absolute atomic E-state index is 13.4. The van der Waals surface area contributed by atoms with E-state index in [4.69, 9.17) is 11.6 Å². The second kappa shape index (κ2) is 5.98. The lowest BCUT2D eigenvalue weighted by molar-refractivity contribution is 0.629. The van der Waals surface area contributed by atoms with Gasteiger partial charge in [-0.25, -0.2) is 9.37 Å². The molecule has 3 N–H and O–H groups in total. The Hall–Kier alpha value is -2.67. The maximum atomic E-state index is 13.4. The van der Waals surface area contributed by atoms with Crippen molar-refractivity contribution >= 4 is 34.7 Å². The standard InChI is InChI=1S/C14H12ClFN6/c1-8-4-12(22-21-8)19-14-7-17-6-13(20-14)18-9-2-3-10(15)11(16)5-9/h2-7H,1H3,(H3,18,19,20,21,22). The van der Waals surface area contributed by atoms with Crippen molar-refractivity contribution < 1.29 is 4.39 Å². The molecule has 0 bridgehead atoms. The average Bonchev–Trinajstić information content (AvgIpc) is 2.89. The summed E-state index contributed by atoms with van der Waals surface area (Å²) in [5, 5.41) is 12.9. The summed E-state index contributed by atoms with van der Waals surface area (Å²) in [7, 11) is 0. The van der Waals surface area contributed by atoms with E-state index in [2.05, 4.69) is 30.8 Å². The van der Waals surface area contributed by atoms with Crippen LogP contribution in [-0.2, 0) is 0 Å². The first kappa shape index (κ1) is 14.3. The summed E-state index contributed by atoms with van der Waals surface area (Å²) in [5.74, 6) is 1.13. The smallest absolute Gasteiger partial charge is 0.153 e. The van der Waals surface area contributed by atoms with E-state index in [0.717, 1.165) is 5.69 Å². The number of nitrogens with one attached hydrogen (secondary N) is 3. The summed E-state index contributed by atoms with van der Waals surface area (Å²) < 4.78 is 13.4. The molecule has 3 rings (SSSR count). The third kappa shape index (κ3) is 3.32. The van der Waals surface area contributed by atoms with Gasteiger partial charge in [-0.05, 0) is 25.1 Å². The minimum Gasteiger partial charge on any atom is -0.339 e. The molecule has 0 amide bonds. The zero-order valence-corrected chi connectivity index (χ0v) is 12.3. The maximum Gasteiger partial charge on any atom is 0.153 e. The zero-order chi connectivity index (χ0) is 15.5. The van der Waals surface area contributed by atoms with Crippen LogP contribution in [0.5, 0.6) is 0 Å². The Morgan fingerprint density at radius 3 is 2.55 bits per heavy atom. The molecule has 1 aromatic carbocycles. The van der Waals surface area contributed by atoms with Crippen LogP contribution in [0, 0.1) is 12.7 Å². The Kier molecular flexibility index (Phi) is 3.88. The molecule has 2 aromatic heterocycles. The number of H-pyrrole nitrogens is 1. The normalized spacial score (nSPS) is 10.5. The molecule has 0 fully saturated rings. The number of aromatic amines is 1. The van der Waals surface area contributed by atoms with Gasteiger partial charge in [0.05, 0.1) is 17.4 Å². The van der Waals surface area contributed by atoms with Crippen LogP contribution in [0.25, 0.3) is 0 Å². The van der Waals surface area contributed by atoms with Crippen molar-refractivity contribution in [3.8, 4) is 0 Å². The Morgan fingerprint density at radius 2 is 1.86 bits per heavy atom. The van der Waals surface area contributed by atoms with Gasteiger partial charge in [-0.2, -0.15) is 5.10 Å². The van der Waals surface area contributed by atoms with E-state index in [-0.39, 0.29) is 5.02 Å². The van der Waals surface area contributed by atoms with Crippen molar-refractivity contribution in [3.05, 3.63) is 53.2 Å². The van der Waals surface area contributed by atoms with Crippen LogP contribution < -0.4 is 10.6 Å². The molecule has 3 aromatic rings. The average molecular weight is 319 g/mol. The second-order valence-electron chi connectivity index (χ2n) is 4.60. The molecule has 8 heteroatoms. The van der Waals surface area contributed by atoms with E-state index < -0.39 is 5.82 Å². The number of benzene rings is 1. The third-order valence-electron chi connectivity index (χ3n) is 2.79.